The minimum absolute atomic E-state index is 0. The molecule has 0 saturated carbocycles. The van der Waals surface area contributed by atoms with Crippen molar-refractivity contribution in [2.75, 3.05) is 0 Å². The van der Waals surface area contributed by atoms with Crippen LogP contribution < -0.4 is 11.1 Å². The van der Waals surface area contributed by atoms with Crippen molar-refractivity contribution in [2.24, 2.45) is 0 Å². The van der Waals surface area contributed by atoms with E-state index in [0.29, 0.717) is 17.5 Å². The number of nitrogens with zero attached hydrogens (tertiary/aromatic N) is 1. The first kappa shape index (κ1) is 13.6. The van der Waals surface area contributed by atoms with Crippen LogP contribution in [0.1, 0.15) is 39.2 Å². The average Bonchev–Trinajstić information content (AvgIpc) is 2.77. The SMILES string of the molecule is CCCc1cccc2c1oc(=O)n2C1CCC(=O)NC1=O.[HH]. The van der Waals surface area contributed by atoms with Gasteiger partial charge in [-0.1, -0.05) is 25.5 Å². The van der Waals surface area contributed by atoms with Gasteiger partial charge in [-0.05, 0) is 24.5 Å². The molecule has 1 aliphatic rings. The molecule has 0 spiro atoms. The molecule has 1 fully saturated rings. The maximum atomic E-state index is 12.2. The van der Waals surface area contributed by atoms with E-state index in [1.54, 1.807) is 6.07 Å². The molecule has 2 heterocycles. The second-order valence-electron chi connectivity index (χ2n) is 5.22. The molecular formula is C15H18N2O4. The average molecular weight is 290 g/mol. The summed E-state index contributed by atoms with van der Waals surface area (Å²) in [6.45, 7) is 2.05. The van der Waals surface area contributed by atoms with Gasteiger partial charge < -0.3 is 4.42 Å². The van der Waals surface area contributed by atoms with Crippen LogP contribution in [0.4, 0.5) is 0 Å². The van der Waals surface area contributed by atoms with Gasteiger partial charge in [0.15, 0.2) is 5.58 Å². The zero-order valence-corrected chi connectivity index (χ0v) is 11.7. The zero-order chi connectivity index (χ0) is 15.0. The summed E-state index contributed by atoms with van der Waals surface area (Å²) >= 11 is 0. The van der Waals surface area contributed by atoms with E-state index in [1.807, 2.05) is 19.1 Å². The molecule has 0 bridgehead atoms. The van der Waals surface area contributed by atoms with Crippen LogP contribution in [0.2, 0.25) is 0 Å². The number of amides is 2. The van der Waals surface area contributed by atoms with Gasteiger partial charge in [-0.15, -0.1) is 0 Å². The summed E-state index contributed by atoms with van der Waals surface area (Å²) in [6, 6.07) is 4.85. The smallest absolute Gasteiger partial charge is 0.407 e. The number of oxazole rings is 1. The lowest BCUT2D eigenvalue weighted by Gasteiger charge is -2.21. The Balaban J connectivity index is 0.00000176. The second kappa shape index (κ2) is 5.20. The third-order valence-electron chi connectivity index (χ3n) is 3.76. The molecule has 112 valence electrons. The molecule has 2 aromatic rings. The van der Waals surface area contributed by atoms with Crippen LogP contribution in [0.3, 0.4) is 0 Å². The fraction of sp³-hybridized carbons (Fsp3) is 0.400. The first-order valence-electron chi connectivity index (χ1n) is 7.08. The van der Waals surface area contributed by atoms with Crippen molar-refractivity contribution in [3.8, 4) is 0 Å². The van der Waals surface area contributed by atoms with Gasteiger partial charge in [0.1, 0.15) is 6.04 Å². The molecule has 0 radical (unpaired) electrons. The Kier molecular flexibility index (Phi) is 3.37. The van der Waals surface area contributed by atoms with Gasteiger partial charge >= 0.3 is 5.76 Å². The van der Waals surface area contributed by atoms with Crippen molar-refractivity contribution >= 4 is 22.9 Å². The number of aromatic nitrogens is 1. The summed E-state index contributed by atoms with van der Waals surface area (Å²) in [7, 11) is 0. The maximum absolute atomic E-state index is 12.2. The first-order chi connectivity index (χ1) is 10.1. The number of benzene rings is 1. The predicted molar refractivity (Wildman–Crippen MR) is 78.0 cm³/mol. The monoisotopic (exact) mass is 290 g/mol. The Bertz CT molecular complexity index is 777. The molecule has 1 atom stereocenters. The highest BCUT2D eigenvalue weighted by atomic mass is 16.4. The lowest BCUT2D eigenvalue weighted by Crippen LogP contribution is -2.43. The second-order valence-corrected chi connectivity index (χ2v) is 5.22. The van der Waals surface area contributed by atoms with Crippen LogP contribution in [0, 0.1) is 0 Å². The summed E-state index contributed by atoms with van der Waals surface area (Å²) in [4.78, 5) is 35.4. The van der Waals surface area contributed by atoms with E-state index >= 15 is 0 Å². The number of imide groups is 1. The zero-order valence-electron chi connectivity index (χ0n) is 11.7. The van der Waals surface area contributed by atoms with Crippen molar-refractivity contribution in [1.29, 1.82) is 0 Å². The maximum Gasteiger partial charge on any atom is 0.420 e. The van der Waals surface area contributed by atoms with Gasteiger partial charge in [0.2, 0.25) is 11.8 Å². The fourth-order valence-corrected chi connectivity index (χ4v) is 2.80. The number of fused-ring (bicyclic) bond motifs is 1. The Morgan fingerprint density at radius 1 is 1.38 bits per heavy atom. The molecular weight excluding hydrogens is 272 g/mol. The van der Waals surface area contributed by atoms with Crippen LogP contribution in [0.25, 0.3) is 11.1 Å². The highest BCUT2D eigenvalue weighted by Crippen LogP contribution is 2.25. The van der Waals surface area contributed by atoms with E-state index in [4.69, 9.17) is 4.42 Å². The molecule has 2 amide bonds. The molecule has 6 nitrogen and oxygen atoms in total. The number of carbonyl (C=O) groups is 2. The molecule has 1 N–H and O–H groups in total. The summed E-state index contributed by atoms with van der Waals surface area (Å²) in [5.74, 6) is -1.30. The van der Waals surface area contributed by atoms with Crippen molar-refractivity contribution in [3.63, 3.8) is 0 Å². The van der Waals surface area contributed by atoms with Gasteiger partial charge in [-0.2, -0.15) is 0 Å². The molecule has 1 aliphatic heterocycles. The Labute approximate surface area is 122 Å². The minimum Gasteiger partial charge on any atom is -0.407 e. The van der Waals surface area contributed by atoms with Crippen LogP contribution in [-0.2, 0) is 16.0 Å². The summed E-state index contributed by atoms with van der Waals surface area (Å²) in [5.41, 5.74) is 2.10. The molecule has 1 saturated heterocycles. The van der Waals surface area contributed by atoms with E-state index < -0.39 is 17.7 Å². The number of hydrogen-bond acceptors (Lipinski definition) is 4. The normalized spacial score (nSPS) is 19.0. The lowest BCUT2D eigenvalue weighted by molar-refractivity contribution is -0.135. The topological polar surface area (TPSA) is 81.3 Å². The van der Waals surface area contributed by atoms with Crippen molar-refractivity contribution in [1.82, 2.24) is 9.88 Å². The van der Waals surface area contributed by atoms with Gasteiger partial charge in [0, 0.05) is 7.85 Å². The summed E-state index contributed by atoms with van der Waals surface area (Å²) < 4.78 is 6.71. The lowest BCUT2D eigenvalue weighted by atomic mass is 10.0. The molecule has 1 unspecified atom stereocenters. The minimum atomic E-state index is -0.687. The quantitative estimate of drug-likeness (QED) is 0.873. The molecule has 3 rings (SSSR count). The van der Waals surface area contributed by atoms with Crippen LogP contribution in [0.5, 0.6) is 0 Å². The van der Waals surface area contributed by atoms with Gasteiger partial charge in [0.25, 0.3) is 0 Å². The number of carbonyl (C=O) groups excluding carboxylic acids is 2. The highest BCUT2D eigenvalue weighted by Gasteiger charge is 2.31. The molecule has 21 heavy (non-hydrogen) atoms. The molecule has 6 heteroatoms. The van der Waals surface area contributed by atoms with Crippen LogP contribution in [0.15, 0.2) is 27.4 Å². The number of aryl methyl sites for hydroxylation is 1. The van der Waals surface area contributed by atoms with Crippen LogP contribution in [-0.4, -0.2) is 16.4 Å². The summed E-state index contributed by atoms with van der Waals surface area (Å²) in [5, 5.41) is 2.27. The highest BCUT2D eigenvalue weighted by molar-refractivity contribution is 6.00. The van der Waals surface area contributed by atoms with E-state index in [-0.39, 0.29) is 13.8 Å². The first-order valence-corrected chi connectivity index (χ1v) is 7.08. The number of piperidine rings is 1. The third-order valence-corrected chi connectivity index (χ3v) is 3.76. The van der Waals surface area contributed by atoms with Crippen molar-refractivity contribution < 1.29 is 15.4 Å². The van der Waals surface area contributed by atoms with Gasteiger partial charge in [-0.3, -0.25) is 19.5 Å². The molecule has 1 aromatic heterocycles. The number of rotatable bonds is 3. The molecule has 1 aromatic carbocycles. The Morgan fingerprint density at radius 3 is 2.90 bits per heavy atom. The third kappa shape index (κ3) is 2.26. The van der Waals surface area contributed by atoms with E-state index in [1.165, 1.54) is 4.57 Å². The van der Waals surface area contributed by atoms with Crippen molar-refractivity contribution in [2.45, 2.75) is 38.6 Å². The van der Waals surface area contributed by atoms with Gasteiger partial charge in [0.05, 0.1) is 5.52 Å². The van der Waals surface area contributed by atoms with E-state index in [0.717, 1.165) is 18.4 Å². The van der Waals surface area contributed by atoms with Gasteiger partial charge in [-0.25, -0.2) is 4.79 Å². The fourth-order valence-electron chi connectivity index (χ4n) is 2.80. The number of hydrogen-bond donors (Lipinski definition) is 1. The largest absolute Gasteiger partial charge is 0.420 e. The predicted octanol–water partition coefficient (Wildman–Crippen LogP) is 1.77. The summed E-state index contributed by atoms with van der Waals surface area (Å²) in [6.07, 6.45) is 2.29. The van der Waals surface area contributed by atoms with E-state index in [9.17, 15) is 14.4 Å². The number of nitrogens with one attached hydrogen (secondary N) is 1. The standard InChI is InChI=1S/C15H16N2O4.H2/c1-2-4-9-5-3-6-10-13(9)21-15(20)17(10)11-7-8-12(18)16-14(11)19;/h3,5-6,11H,2,4,7-8H2,1H3,(H,16,18,19);1H. The Morgan fingerprint density at radius 2 is 2.19 bits per heavy atom. The van der Waals surface area contributed by atoms with E-state index in [2.05, 4.69) is 5.32 Å². The Hall–Kier alpha value is -2.37. The number of para-hydroxylation sites is 1. The van der Waals surface area contributed by atoms with Crippen LogP contribution >= 0.6 is 0 Å². The molecule has 0 aliphatic carbocycles. The van der Waals surface area contributed by atoms with Crippen molar-refractivity contribution in [3.05, 3.63) is 34.3 Å².